The minimum Gasteiger partial charge on any atom is -0.338 e. The van der Waals surface area contributed by atoms with E-state index in [2.05, 4.69) is 46.2 Å². The van der Waals surface area contributed by atoms with E-state index in [1.807, 2.05) is 6.07 Å². The number of allylic oxidation sites excluding steroid dienone is 2. The highest BCUT2D eigenvalue weighted by molar-refractivity contribution is 5.79. The Balaban J connectivity index is 1.30. The minimum atomic E-state index is 0.245. The first kappa shape index (κ1) is 16.8. The molecule has 2 saturated heterocycles. The maximum Gasteiger partial charge on any atom is 0.223 e. The van der Waals surface area contributed by atoms with Gasteiger partial charge in [0, 0.05) is 26.1 Å². The maximum atomic E-state index is 12.6. The lowest BCUT2D eigenvalue weighted by molar-refractivity contribution is -0.128. The standard InChI is InChI=1S/C22H30N2O/c25-21-15-22(18-24(21)17-20-9-5-2-6-10-20)11-13-23(14-12-22)16-19-7-3-1-4-8-19/h1-3,5-6,9-10,19H,4,7-8,11-18H2/t19-/m0/s1. The number of rotatable bonds is 4. The van der Waals surface area contributed by atoms with Crippen molar-refractivity contribution in [1.29, 1.82) is 0 Å². The molecule has 3 nitrogen and oxygen atoms in total. The van der Waals surface area contributed by atoms with Crippen molar-refractivity contribution >= 4 is 5.91 Å². The molecule has 2 heterocycles. The van der Waals surface area contributed by atoms with Crippen LogP contribution in [-0.4, -0.2) is 41.9 Å². The summed E-state index contributed by atoms with van der Waals surface area (Å²) >= 11 is 0. The Morgan fingerprint density at radius 3 is 2.60 bits per heavy atom. The van der Waals surface area contributed by atoms with Crippen molar-refractivity contribution in [2.75, 3.05) is 26.2 Å². The average molecular weight is 338 g/mol. The molecule has 2 fully saturated rings. The van der Waals surface area contributed by atoms with Gasteiger partial charge in [0.25, 0.3) is 0 Å². The van der Waals surface area contributed by atoms with Crippen LogP contribution >= 0.6 is 0 Å². The summed E-state index contributed by atoms with van der Waals surface area (Å²) in [5.41, 5.74) is 1.49. The Morgan fingerprint density at radius 1 is 1.08 bits per heavy atom. The summed E-state index contributed by atoms with van der Waals surface area (Å²) in [7, 11) is 0. The van der Waals surface area contributed by atoms with Crippen LogP contribution in [0.2, 0.25) is 0 Å². The molecular formula is C22H30N2O. The summed E-state index contributed by atoms with van der Waals surface area (Å²) in [5.74, 6) is 1.20. The van der Waals surface area contributed by atoms with Crippen molar-refractivity contribution in [1.82, 2.24) is 9.80 Å². The van der Waals surface area contributed by atoms with Crippen molar-refractivity contribution in [3.05, 3.63) is 48.0 Å². The number of benzene rings is 1. The number of piperidine rings is 1. The molecular weight excluding hydrogens is 308 g/mol. The highest BCUT2D eigenvalue weighted by atomic mass is 16.2. The topological polar surface area (TPSA) is 23.6 Å². The van der Waals surface area contributed by atoms with Crippen LogP contribution in [0.5, 0.6) is 0 Å². The highest BCUT2D eigenvalue weighted by Crippen LogP contribution is 2.41. The van der Waals surface area contributed by atoms with E-state index in [-0.39, 0.29) is 5.41 Å². The van der Waals surface area contributed by atoms with E-state index in [9.17, 15) is 4.79 Å². The first-order valence-electron chi connectivity index (χ1n) is 9.92. The Bertz CT molecular complexity index is 616. The van der Waals surface area contributed by atoms with Gasteiger partial charge in [0.15, 0.2) is 0 Å². The van der Waals surface area contributed by atoms with E-state index < -0.39 is 0 Å². The van der Waals surface area contributed by atoms with Crippen LogP contribution in [0.25, 0.3) is 0 Å². The van der Waals surface area contributed by atoms with Gasteiger partial charge in [-0.3, -0.25) is 4.79 Å². The van der Waals surface area contributed by atoms with E-state index in [1.54, 1.807) is 0 Å². The lowest BCUT2D eigenvalue weighted by Gasteiger charge is -2.40. The molecule has 1 spiro atoms. The Kier molecular flexibility index (Phi) is 4.93. The molecule has 3 heteroatoms. The van der Waals surface area contributed by atoms with Crippen LogP contribution in [0.3, 0.4) is 0 Å². The molecule has 0 N–H and O–H groups in total. The van der Waals surface area contributed by atoms with Gasteiger partial charge >= 0.3 is 0 Å². The van der Waals surface area contributed by atoms with Gasteiger partial charge in [0.1, 0.15) is 0 Å². The molecule has 0 saturated carbocycles. The first-order valence-corrected chi connectivity index (χ1v) is 9.92. The lowest BCUT2D eigenvalue weighted by atomic mass is 9.77. The smallest absolute Gasteiger partial charge is 0.223 e. The molecule has 0 radical (unpaired) electrons. The van der Waals surface area contributed by atoms with Crippen LogP contribution in [0.4, 0.5) is 0 Å². The zero-order chi connectivity index (χ0) is 17.1. The SMILES string of the molecule is O=C1CC2(CCN(C[C@H]3CC=CCC3)CC2)CN1Cc1ccccc1. The zero-order valence-corrected chi connectivity index (χ0v) is 15.2. The van der Waals surface area contributed by atoms with Gasteiger partial charge in [0.05, 0.1) is 0 Å². The second-order valence-corrected chi connectivity index (χ2v) is 8.36. The highest BCUT2D eigenvalue weighted by Gasteiger charge is 2.44. The van der Waals surface area contributed by atoms with Gasteiger partial charge in [-0.15, -0.1) is 0 Å². The quantitative estimate of drug-likeness (QED) is 0.779. The fourth-order valence-electron chi connectivity index (χ4n) is 4.86. The normalized spacial score (nSPS) is 26.5. The number of hydrogen-bond acceptors (Lipinski definition) is 2. The third-order valence-corrected chi connectivity index (χ3v) is 6.43. The van der Waals surface area contributed by atoms with Crippen molar-refractivity contribution in [3.8, 4) is 0 Å². The van der Waals surface area contributed by atoms with E-state index in [0.29, 0.717) is 5.91 Å². The molecule has 134 valence electrons. The summed E-state index contributed by atoms with van der Waals surface area (Å²) in [6, 6.07) is 10.4. The van der Waals surface area contributed by atoms with Gasteiger partial charge in [-0.05, 0) is 62.1 Å². The third kappa shape index (κ3) is 3.98. The van der Waals surface area contributed by atoms with Crippen LogP contribution in [0, 0.1) is 11.3 Å². The lowest BCUT2D eigenvalue weighted by Crippen LogP contribution is -2.43. The molecule has 0 aromatic heterocycles. The van der Waals surface area contributed by atoms with Crippen molar-refractivity contribution in [2.24, 2.45) is 11.3 Å². The Hall–Kier alpha value is -1.61. The number of nitrogens with zero attached hydrogens (tertiary/aromatic N) is 2. The minimum absolute atomic E-state index is 0.245. The predicted octanol–water partition coefficient (Wildman–Crippen LogP) is 3.86. The molecule has 1 atom stereocenters. The van der Waals surface area contributed by atoms with Crippen LogP contribution in [0.15, 0.2) is 42.5 Å². The van der Waals surface area contributed by atoms with E-state index in [1.165, 1.54) is 57.3 Å². The van der Waals surface area contributed by atoms with E-state index in [4.69, 9.17) is 0 Å². The number of carbonyl (C=O) groups excluding carboxylic acids is 1. The molecule has 3 aliphatic rings. The number of hydrogen-bond donors (Lipinski definition) is 0. The van der Waals surface area contributed by atoms with Crippen LogP contribution in [-0.2, 0) is 11.3 Å². The molecule has 1 aromatic rings. The molecule has 1 aliphatic carbocycles. The van der Waals surface area contributed by atoms with Gasteiger partial charge < -0.3 is 9.80 Å². The average Bonchev–Trinajstić information content (AvgIpc) is 2.94. The van der Waals surface area contributed by atoms with Gasteiger partial charge in [0.2, 0.25) is 5.91 Å². The van der Waals surface area contributed by atoms with Gasteiger partial charge in [-0.2, -0.15) is 0 Å². The van der Waals surface area contributed by atoms with E-state index in [0.717, 1.165) is 25.4 Å². The fourth-order valence-corrected chi connectivity index (χ4v) is 4.86. The second kappa shape index (κ2) is 7.33. The molecule has 0 bridgehead atoms. The molecule has 0 unspecified atom stereocenters. The predicted molar refractivity (Wildman–Crippen MR) is 101 cm³/mol. The van der Waals surface area contributed by atoms with Crippen molar-refractivity contribution in [3.63, 3.8) is 0 Å². The largest absolute Gasteiger partial charge is 0.338 e. The summed E-state index contributed by atoms with van der Waals surface area (Å²) < 4.78 is 0. The van der Waals surface area contributed by atoms with Crippen LogP contribution < -0.4 is 0 Å². The van der Waals surface area contributed by atoms with Crippen LogP contribution in [0.1, 0.15) is 44.1 Å². The second-order valence-electron chi connectivity index (χ2n) is 8.36. The molecule has 4 rings (SSSR count). The Morgan fingerprint density at radius 2 is 1.88 bits per heavy atom. The Labute approximate surface area is 151 Å². The van der Waals surface area contributed by atoms with Gasteiger partial charge in [-0.25, -0.2) is 0 Å². The number of carbonyl (C=O) groups is 1. The summed E-state index contributed by atoms with van der Waals surface area (Å²) in [6.07, 6.45) is 11.7. The summed E-state index contributed by atoms with van der Waals surface area (Å²) in [4.78, 5) is 17.3. The monoisotopic (exact) mass is 338 g/mol. The molecule has 1 aromatic carbocycles. The van der Waals surface area contributed by atoms with Crippen molar-refractivity contribution < 1.29 is 4.79 Å². The van der Waals surface area contributed by atoms with Gasteiger partial charge in [-0.1, -0.05) is 42.5 Å². The summed E-state index contributed by atoms with van der Waals surface area (Å²) in [6.45, 7) is 5.34. The molecule has 25 heavy (non-hydrogen) atoms. The molecule has 2 aliphatic heterocycles. The fraction of sp³-hybridized carbons (Fsp3) is 0.591. The zero-order valence-electron chi connectivity index (χ0n) is 15.2. The number of likely N-dealkylation sites (tertiary alicyclic amines) is 2. The third-order valence-electron chi connectivity index (χ3n) is 6.43. The van der Waals surface area contributed by atoms with E-state index >= 15 is 0 Å². The van der Waals surface area contributed by atoms with Crippen molar-refractivity contribution in [2.45, 2.75) is 45.1 Å². The summed E-state index contributed by atoms with van der Waals surface area (Å²) in [5, 5.41) is 0. The molecule has 1 amide bonds. The maximum absolute atomic E-state index is 12.6. The number of amides is 1. The first-order chi connectivity index (χ1) is 12.2.